The molecule has 0 bridgehead atoms. The van der Waals surface area contributed by atoms with Gasteiger partial charge in [-0.15, -0.1) is 0 Å². The number of hydrogen-bond donors (Lipinski definition) is 1. The Balaban J connectivity index is 1.38. The largest absolute Gasteiger partial charge is 0.454 e. The van der Waals surface area contributed by atoms with Crippen molar-refractivity contribution in [3.63, 3.8) is 0 Å². The number of para-hydroxylation sites is 1. The van der Waals surface area contributed by atoms with Crippen molar-refractivity contribution in [3.05, 3.63) is 45.9 Å². The number of rotatable bonds is 6. The molecule has 2 aromatic rings. The normalized spacial score (nSPS) is 18.8. The Bertz CT molecular complexity index is 898. The summed E-state index contributed by atoms with van der Waals surface area (Å²) in [6, 6.07) is 8.08. The van der Waals surface area contributed by atoms with E-state index in [9.17, 15) is 4.79 Å². The van der Waals surface area contributed by atoms with E-state index in [-0.39, 0.29) is 5.56 Å². The molecule has 2 aliphatic rings. The van der Waals surface area contributed by atoms with Gasteiger partial charge in [-0.1, -0.05) is 12.1 Å². The Labute approximate surface area is 164 Å². The van der Waals surface area contributed by atoms with Gasteiger partial charge in [0.25, 0.3) is 5.56 Å². The maximum atomic E-state index is 11.9. The molecule has 1 aromatic heterocycles. The maximum Gasteiger partial charge on any atom is 0.252 e. The summed E-state index contributed by atoms with van der Waals surface area (Å²) in [5, 5.41) is 0. The molecule has 0 aliphatic carbocycles. The van der Waals surface area contributed by atoms with E-state index in [2.05, 4.69) is 32.9 Å². The number of aromatic nitrogens is 2. The highest BCUT2D eigenvalue weighted by Gasteiger charge is 2.28. The molecule has 28 heavy (non-hydrogen) atoms. The molecule has 0 saturated carbocycles. The van der Waals surface area contributed by atoms with E-state index in [4.69, 9.17) is 9.47 Å². The summed E-state index contributed by atoms with van der Waals surface area (Å²) >= 11 is 0. The van der Waals surface area contributed by atoms with E-state index in [1.165, 1.54) is 5.56 Å². The first kappa shape index (κ1) is 18.8. The third kappa shape index (κ3) is 3.98. The molecule has 2 aliphatic heterocycles. The maximum absolute atomic E-state index is 11.9. The first-order valence-corrected chi connectivity index (χ1v) is 9.57. The van der Waals surface area contributed by atoms with Gasteiger partial charge < -0.3 is 14.4 Å². The van der Waals surface area contributed by atoms with Gasteiger partial charge in [-0.2, -0.15) is 0 Å². The number of benzene rings is 1. The molecule has 4 rings (SSSR count). The molecular formula is C20H27N5O3. The summed E-state index contributed by atoms with van der Waals surface area (Å²) < 4.78 is 11.1. The number of nitrogens with one attached hydrogen (secondary N) is 1. The fourth-order valence-corrected chi connectivity index (χ4v) is 3.84. The van der Waals surface area contributed by atoms with Crippen LogP contribution in [0.3, 0.4) is 0 Å². The molecule has 1 aromatic carbocycles. The molecule has 1 fully saturated rings. The van der Waals surface area contributed by atoms with Gasteiger partial charge in [0.2, 0.25) is 12.7 Å². The lowest BCUT2D eigenvalue weighted by atomic mass is 10.2. The number of nitrogens with zero attached hydrogens (tertiary/aromatic N) is 4. The Morgan fingerprint density at radius 2 is 2.14 bits per heavy atom. The summed E-state index contributed by atoms with van der Waals surface area (Å²) in [6.07, 6.45) is 1.09. The molecule has 1 atom stereocenters. The zero-order valence-corrected chi connectivity index (χ0v) is 16.6. The van der Waals surface area contributed by atoms with Gasteiger partial charge in [0.15, 0.2) is 11.5 Å². The second-order valence-corrected chi connectivity index (χ2v) is 7.70. The van der Waals surface area contributed by atoms with Crippen molar-refractivity contribution < 1.29 is 9.47 Å². The van der Waals surface area contributed by atoms with E-state index in [1.807, 2.05) is 31.1 Å². The van der Waals surface area contributed by atoms with E-state index in [0.717, 1.165) is 43.2 Å². The molecule has 0 radical (unpaired) electrons. The molecule has 3 heterocycles. The Morgan fingerprint density at radius 3 is 2.96 bits per heavy atom. The lowest BCUT2D eigenvalue weighted by Gasteiger charge is -2.25. The monoisotopic (exact) mass is 385 g/mol. The summed E-state index contributed by atoms with van der Waals surface area (Å²) in [4.78, 5) is 25.7. The fraction of sp³-hybridized carbons (Fsp3) is 0.500. The third-order valence-electron chi connectivity index (χ3n) is 5.36. The number of ether oxygens (including phenoxy) is 2. The van der Waals surface area contributed by atoms with Crippen molar-refractivity contribution in [1.29, 1.82) is 0 Å². The van der Waals surface area contributed by atoms with E-state index in [1.54, 1.807) is 6.07 Å². The van der Waals surface area contributed by atoms with Gasteiger partial charge in [0.05, 0.1) is 5.69 Å². The number of likely N-dealkylation sites (N-methyl/N-ethyl adjacent to an activating group) is 1. The third-order valence-corrected chi connectivity index (χ3v) is 5.36. The zero-order chi connectivity index (χ0) is 19.7. The van der Waals surface area contributed by atoms with E-state index < -0.39 is 0 Å². The Morgan fingerprint density at radius 1 is 1.29 bits per heavy atom. The first-order chi connectivity index (χ1) is 13.5. The lowest BCUT2D eigenvalue weighted by Crippen LogP contribution is -2.34. The second-order valence-electron chi connectivity index (χ2n) is 7.70. The van der Waals surface area contributed by atoms with Crippen molar-refractivity contribution in [3.8, 4) is 11.5 Å². The molecule has 1 saturated heterocycles. The number of aromatic amines is 1. The molecule has 1 N–H and O–H groups in total. The lowest BCUT2D eigenvalue weighted by molar-refractivity contribution is 0.172. The predicted molar refractivity (Wildman–Crippen MR) is 107 cm³/mol. The van der Waals surface area contributed by atoms with Crippen LogP contribution in [0.5, 0.6) is 11.5 Å². The highest BCUT2D eigenvalue weighted by atomic mass is 16.7. The van der Waals surface area contributed by atoms with Crippen LogP contribution in [0.1, 0.15) is 17.7 Å². The van der Waals surface area contributed by atoms with Crippen LogP contribution in [0, 0.1) is 0 Å². The van der Waals surface area contributed by atoms with E-state index in [0.29, 0.717) is 25.3 Å². The molecule has 0 amide bonds. The Kier molecular flexibility index (Phi) is 5.23. The smallest absolute Gasteiger partial charge is 0.252 e. The van der Waals surface area contributed by atoms with Gasteiger partial charge in [0, 0.05) is 57.9 Å². The number of fused-ring (bicyclic) bond motifs is 1. The molecule has 8 heteroatoms. The van der Waals surface area contributed by atoms with Crippen LogP contribution in [0.2, 0.25) is 0 Å². The van der Waals surface area contributed by atoms with Crippen LogP contribution in [0.15, 0.2) is 29.1 Å². The van der Waals surface area contributed by atoms with Crippen molar-refractivity contribution in [2.45, 2.75) is 25.6 Å². The van der Waals surface area contributed by atoms with E-state index >= 15 is 0 Å². The summed E-state index contributed by atoms with van der Waals surface area (Å²) in [7, 11) is 5.84. The quantitative estimate of drug-likeness (QED) is 0.803. The van der Waals surface area contributed by atoms with Gasteiger partial charge in [-0.3, -0.25) is 19.6 Å². The average Bonchev–Trinajstić information content (AvgIpc) is 3.31. The van der Waals surface area contributed by atoms with Crippen LogP contribution < -0.4 is 19.9 Å². The van der Waals surface area contributed by atoms with Crippen LogP contribution >= 0.6 is 0 Å². The average molecular weight is 385 g/mol. The minimum absolute atomic E-state index is 0.115. The molecule has 1 unspecified atom stereocenters. The van der Waals surface area contributed by atoms with Crippen molar-refractivity contribution in [2.24, 2.45) is 0 Å². The SMILES string of the molecule is CN(C)c1nc(CN(C)C2CCN(Cc3cccc4c3OCO4)C2)cc(=O)[nH]1. The van der Waals surface area contributed by atoms with Gasteiger partial charge in [-0.25, -0.2) is 4.98 Å². The molecule has 150 valence electrons. The fourth-order valence-electron chi connectivity index (χ4n) is 3.84. The number of anilines is 1. The Hall–Kier alpha value is -2.58. The van der Waals surface area contributed by atoms with Gasteiger partial charge in [0.1, 0.15) is 0 Å². The molecule has 0 spiro atoms. The second kappa shape index (κ2) is 7.81. The highest BCUT2D eigenvalue weighted by molar-refractivity contribution is 5.48. The summed E-state index contributed by atoms with van der Waals surface area (Å²) in [6.45, 7) is 3.82. The molecular weight excluding hydrogens is 358 g/mol. The van der Waals surface area contributed by atoms with Crippen LogP contribution in [0.4, 0.5) is 5.95 Å². The minimum atomic E-state index is -0.115. The van der Waals surface area contributed by atoms with Crippen LogP contribution in [-0.4, -0.2) is 66.8 Å². The minimum Gasteiger partial charge on any atom is -0.454 e. The topological polar surface area (TPSA) is 73.9 Å². The summed E-state index contributed by atoms with van der Waals surface area (Å²) in [5.74, 6) is 2.30. The highest BCUT2D eigenvalue weighted by Crippen LogP contribution is 2.36. The number of H-pyrrole nitrogens is 1. The zero-order valence-electron chi connectivity index (χ0n) is 16.6. The van der Waals surface area contributed by atoms with Crippen LogP contribution in [-0.2, 0) is 13.1 Å². The number of hydrogen-bond acceptors (Lipinski definition) is 7. The number of likely N-dealkylation sites (tertiary alicyclic amines) is 1. The standard InChI is InChI=1S/C20H27N5O3/c1-23(2)20-21-15(9-18(26)22-20)11-24(3)16-7-8-25(12-16)10-14-5-4-6-17-19(14)28-13-27-17/h4-6,9,16H,7-8,10-13H2,1-3H3,(H,21,22,26). The first-order valence-electron chi connectivity index (χ1n) is 9.57. The molecule has 8 nitrogen and oxygen atoms in total. The van der Waals surface area contributed by atoms with Crippen molar-refractivity contribution in [2.75, 3.05) is 45.9 Å². The summed E-state index contributed by atoms with van der Waals surface area (Å²) in [5.41, 5.74) is 1.85. The predicted octanol–water partition coefficient (Wildman–Crippen LogP) is 1.27. The van der Waals surface area contributed by atoms with Crippen LogP contribution in [0.25, 0.3) is 0 Å². The van der Waals surface area contributed by atoms with Crippen molar-refractivity contribution >= 4 is 5.95 Å². The van der Waals surface area contributed by atoms with Gasteiger partial charge >= 0.3 is 0 Å². The van der Waals surface area contributed by atoms with Crippen molar-refractivity contribution in [1.82, 2.24) is 19.8 Å². The van der Waals surface area contributed by atoms with Gasteiger partial charge in [-0.05, 0) is 19.5 Å².